The van der Waals surface area contributed by atoms with Gasteiger partial charge < -0.3 is 5.73 Å². The third-order valence-electron chi connectivity index (χ3n) is 4.23. The van der Waals surface area contributed by atoms with Crippen LogP contribution in [0.4, 0.5) is 5.69 Å². The maximum atomic E-state index is 5.94. The number of nitrogens with two attached hydrogens (primary N) is 1. The van der Waals surface area contributed by atoms with E-state index in [-0.39, 0.29) is 0 Å². The summed E-state index contributed by atoms with van der Waals surface area (Å²) in [5, 5.41) is 8.19. The summed E-state index contributed by atoms with van der Waals surface area (Å²) in [7, 11) is 0. The third-order valence-corrected chi connectivity index (χ3v) is 5.95. The number of fused-ring (bicyclic) bond motifs is 1. The molecule has 25 heavy (non-hydrogen) atoms. The second-order valence-electron chi connectivity index (χ2n) is 5.94. The number of hydrogen-bond donors (Lipinski definition) is 1. The molecule has 0 bridgehead atoms. The Hall–Kier alpha value is -1.40. The zero-order chi connectivity index (χ0) is 18.6. The number of nitrogen functional groups attached to an aromatic ring is 1. The topological polar surface area (TPSA) is 56.7 Å². The lowest BCUT2D eigenvalue weighted by atomic mass is 10.0. The predicted octanol–water partition coefficient (Wildman–Crippen LogP) is 5.81. The number of nitrogens with zero attached hydrogens (tertiary/aromatic N) is 3. The van der Waals surface area contributed by atoms with Crippen LogP contribution < -0.4 is 5.73 Å². The van der Waals surface area contributed by atoms with E-state index in [9.17, 15) is 0 Å². The highest BCUT2D eigenvalue weighted by molar-refractivity contribution is 9.10. The molecule has 0 aliphatic rings. The molecular weight excluding hydrogens is 444 g/mol. The monoisotopic (exact) mass is 466 g/mol. The van der Waals surface area contributed by atoms with Crippen molar-refractivity contribution in [2.45, 2.75) is 47.1 Å². The maximum Gasteiger partial charge on any atom is 0.117 e. The Balaban J connectivity index is 0.000000181. The van der Waals surface area contributed by atoms with Crippen molar-refractivity contribution in [3.8, 4) is 0 Å². The minimum absolute atomic E-state index is 0.859. The molecule has 3 aromatic rings. The first kappa shape index (κ1) is 19.9. The summed E-state index contributed by atoms with van der Waals surface area (Å²) in [5.41, 5.74) is 12.5. The molecule has 134 valence electrons. The molecule has 0 radical (unpaired) electrons. The molecule has 0 unspecified atom stereocenters. The Morgan fingerprint density at radius 2 is 1.64 bits per heavy atom. The van der Waals surface area contributed by atoms with Crippen LogP contribution in [0.5, 0.6) is 0 Å². The van der Waals surface area contributed by atoms with Crippen molar-refractivity contribution in [2.24, 2.45) is 0 Å². The molecular formula is C19H24Br2N4. The average Bonchev–Trinajstić information content (AvgIpc) is 3.03. The van der Waals surface area contributed by atoms with Crippen molar-refractivity contribution in [2.75, 3.05) is 5.73 Å². The summed E-state index contributed by atoms with van der Waals surface area (Å²) in [5.74, 6) is 0. The van der Waals surface area contributed by atoms with Crippen molar-refractivity contribution in [1.29, 1.82) is 0 Å². The van der Waals surface area contributed by atoms with E-state index in [1.54, 1.807) is 0 Å². The van der Waals surface area contributed by atoms with E-state index in [4.69, 9.17) is 5.73 Å². The second-order valence-corrected chi connectivity index (χ2v) is 7.65. The van der Waals surface area contributed by atoms with Crippen LogP contribution in [0.2, 0.25) is 0 Å². The lowest BCUT2D eigenvalue weighted by Gasteiger charge is -2.08. The molecule has 2 aromatic carbocycles. The van der Waals surface area contributed by atoms with Gasteiger partial charge in [0.25, 0.3) is 0 Å². The van der Waals surface area contributed by atoms with E-state index in [0.29, 0.717) is 0 Å². The van der Waals surface area contributed by atoms with Crippen molar-refractivity contribution in [1.82, 2.24) is 15.0 Å². The zero-order valence-corrected chi connectivity index (χ0v) is 18.3. The van der Waals surface area contributed by atoms with Gasteiger partial charge in [-0.3, -0.25) is 0 Å². The van der Waals surface area contributed by atoms with Gasteiger partial charge >= 0.3 is 0 Å². The maximum absolute atomic E-state index is 5.94. The van der Waals surface area contributed by atoms with E-state index in [2.05, 4.69) is 68.2 Å². The molecule has 0 aliphatic carbocycles. The summed E-state index contributed by atoms with van der Waals surface area (Å²) in [6, 6.07) is 8.23. The SMILES string of the molecule is CCCc1ccc(Br)c(C)c1N.CCn1nnc2c(C)c(Br)ccc21. The number of rotatable bonds is 3. The molecule has 0 saturated carbocycles. The fraction of sp³-hybridized carbons (Fsp3) is 0.368. The number of aryl methyl sites for hydroxylation is 3. The fourth-order valence-corrected chi connectivity index (χ4v) is 3.29. The summed E-state index contributed by atoms with van der Waals surface area (Å²) in [6.07, 6.45) is 2.21. The van der Waals surface area contributed by atoms with Crippen molar-refractivity contribution in [3.63, 3.8) is 0 Å². The van der Waals surface area contributed by atoms with Gasteiger partial charge in [-0.2, -0.15) is 0 Å². The van der Waals surface area contributed by atoms with Crippen LogP contribution in [0.3, 0.4) is 0 Å². The average molecular weight is 468 g/mol. The fourth-order valence-electron chi connectivity index (χ4n) is 2.62. The molecule has 1 heterocycles. The molecule has 0 aliphatic heterocycles. The van der Waals surface area contributed by atoms with E-state index < -0.39 is 0 Å². The van der Waals surface area contributed by atoms with Gasteiger partial charge in [0.1, 0.15) is 5.52 Å². The van der Waals surface area contributed by atoms with Crippen LogP contribution in [0.25, 0.3) is 11.0 Å². The minimum Gasteiger partial charge on any atom is -0.398 e. The highest BCUT2D eigenvalue weighted by Crippen LogP contribution is 2.26. The van der Waals surface area contributed by atoms with Gasteiger partial charge in [0.05, 0.1) is 5.52 Å². The van der Waals surface area contributed by atoms with Gasteiger partial charge in [0, 0.05) is 21.2 Å². The molecule has 0 spiro atoms. The summed E-state index contributed by atoms with van der Waals surface area (Å²) >= 11 is 6.92. The highest BCUT2D eigenvalue weighted by atomic mass is 79.9. The van der Waals surface area contributed by atoms with Gasteiger partial charge in [-0.15, -0.1) is 5.10 Å². The van der Waals surface area contributed by atoms with Gasteiger partial charge in [-0.25, -0.2) is 4.68 Å². The molecule has 1 aromatic heterocycles. The normalized spacial score (nSPS) is 10.6. The largest absolute Gasteiger partial charge is 0.398 e. The molecule has 0 amide bonds. The third kappa shape index (κ3) is 4.42. The van der Waals surface area contributed by atoms with Crippen LogP contribution in [0, 0.1) is 13.8 Å². The van der Waals surface area contributed by atoms with Crippen molar-refractivity contribution in [3.05, 3.63) is 49.9 Å². The number of aromatic nitrogens is 3. The lowest BCUT2D eigenvalue weighted by molar-refractivity contribution is 0.646. The first-order valence-corrected chi connectivity index (χ1v) is 10.0. The number of anilines is 1. The number of halogens is 2. The Bertz CT molecular complexity index is 871. The minimum atomic E-state index is 0.859. The number of hydrogen-bond acceptors (Lipinski definition) is 3. The second kappa shape index (κ2) is 8.81. The molecule has 0 atom stereocenters. The Labute approximate surface area is 166 Å². The standard InChI is InChI=1S/C10H14BrN.C9H10BrN3/c1-3-4-8-5-6-9(11)7(2)10(8)12;1-3-13-8-5-4-7(10)6(2)9(8)11-12-13/h5-6H,3-4,12H2,1-2H3;4-5H,3H2,1-2H3. The van der Waals surface area contributed by atoms with Crippen LogP contribution in [-0.4, -0.2) is 15.0 Å². The van der Waals surface area contributed by atoms with Crippen molar-refractivity contribution < 1.29 is 0 Å². The van der Waals surface area contributed by atoms with Crippen LogP contribution in [-0.2, 0) is 13.0 Å². The Kier molecular flexibility index (Phi) is 7.02. The molecule has 3 rings (SSSR count). The number of benzene rings is 2. The summed E-state index contributed by atoms with van der Waals surface area (Å²) in [6.45, 7) is 9.17. The first-order chi connectivity index (χ1) is 11.9. The molecule has 2 N–H and O–H groups in total. The zero-order valence-electron chi connectivity index (χ0n) is 15.1. The van der Waals surface area contributed by atoms with Gasteiger partial charge in [-0.1, -0.05) is 56.5 Å². The summed E-state index contributed by atoms with van der Waals surface area (Å²) < 4.78 is 4.08. The molecule has 4 nitrogen and oxygen atoms in total. The van der Waals surface area contributed by atoms with Gasteiger partial charge in [0.15, 0.2) is 0 Å². The first-order valence-electron chi connectivity index (χ1n) is 8.42. The Morgan fingerprint density at radius 3 is 2.28 bits per heavy atom. The quantitative estimate of drug-likeness (QED) is 0.494. The van der Waals surface area contributed by atoms with Gasteiger partial charge in [-0.05, 0) is 62.1 Å². The lowest BCUT2D eigenvalue weighted by Crippen LogP contribution is -1.97. The van der Waals surface area contributed by atoms with E-state index in [1.807, 2.05) is 30.7 Å². The van der Waals surface area contributed by atoms with E-state index in [0.717, 1.165) is 56.2 Å². The summed E-state index contributed by atoms with van der Waals surface area (Å²) in [4.78, 5) is 0. The van der Waals surface area contributed by atoms with E-state index in [1.165, 1.54) is 5.56 Å². The Morgan fingerprint density at radius 1 is 1.00 bits per heavy atom. The predicted molar refractivity (Wildman–Crippen MR) is 113 cm³/mol. The van der Waals surface area contributed by atoms with Crippen LogP contribution in [0.15, 0.2) is 33.2 Å². The van der Waals surface area contributed by atoms with Crippen molar-refractivity contribution >= 4 is 48.6 Å². The van der Waals surface area contributed by atoms with Gasteiger partial charge in [0.2, 0.25) is 0 Å². The van der Waals surface area contributed by atoms with Crippen LogP contribution >= 0.6 is 31.9 Å². The molecule has 0 fully saturated rings. The molecule has 6 heteroatoms. The highest BCUT2D eigenvalue weighted by Gasteiger charge is 2.07. The van der Waals surface area contributed by atoms with Crippen LogP contribution in [0.1, 0.15) is 37.0 Å². The molecule has 0 saturated heterocycles. The van der Waals surface area contributed by atoms with E-state index >= 15 is 0 Å². The smallest absolute Gasteiger partial charge is 0.117 e.